The number of allylic oxidation sites excluding steroid dienone is 1. The van der Waals surface area contributed by atoms with E-state index in [0.29, 0.717) is 10.2 Å². The summed E-state index contributed by atoms with van der Waals surface area (Å²) in [5.74, 6) is 0.824. The minimum absolute atomic E-state index is 0.135. The lowest BCUT2D eigenvalue weighted by Crippen LogP contribution is -2.39. The van der Waals surface area contributed by atoms with Crippen LogP contribution in [0.3, 0.4) is 0 Å². The molecule has 6 heteroatoms. The number of benzene rings is 1. The Morgan fingerprint density at radius 3 is 2.48 bits per heavy atom. The Morgan fingerprint density at radius 2 is 1.83 bits per heavy atom. The van der Waals surface area contributed by atoms with Gasteiger partial charge in [0.2, 0.25) is 0 Å². The van der Waals surface area contributed by atoms with Crippen molar-refractivity contribution in [3.05, 3.63) is 56.1 Å². The molecule has 1 N–H and O–H groups in total. The Hall–Kier alpha value is -1.10. The average molecular weight is 413 g/mol. The lowest BCUT2D eigenvalue weighted by atomic mass is 9.93. The van der Waals surface area contributed by atoms with Gasteiger partial charge in [-0.25, -0.2) is 4.99 Å². The van der Waals surface area contributed by atoms with Crippen LogP contribution in [-0.4, -0.2) is 17.7 Å². The molecule has 2 aliphatic rings. The third kappa shape index (κ3) is 3.25. The van der Waals surface area contributed by atoms with Gasteiger partial charge in [-0.05, 0) is 28.1 Å². The molecule has 120 valence electrons. The fourth-order valence-corrected chi connectivity index (χ4v) is 3.40. The average Bonchev–Trinajstić information content (AvgIpc) is 2.47. The van der Waals surface area contributed by atoms with E-state index in [1.807, 2.05) is 30.3 Å². The van der Waals surface area contributed by atoms with Crippen molar-refractivity contribution in [2.45, 2.75) is 26.9 Å². The maximum atomic E-state index is 6.41. The van der Waals surface area contributed by atoms with Crippen molar-refractivity contribution in [1.82, 2.24) is 5.32 Å². The fraction of sp³-hybridized carbons (Fsp3) is 0.294. The van der Waals surface area contributed by atoms with Crippen LogP contribution >= 0.6 is 39.1 Å². The number of hydrogen-bond acceptors (Lipinski definition) is 3. The van der Waals surface area contributed by atoms with Crippen LogP contribution in [0.1, 0.15) is 26.3 Å². The van der Waals surface area contributed by atoms with Crippen molar-refractivity contribution in [1.29, 1.82) is 0 Å². The van der Waals surface area contributed by atoms with Gasteiger partial charge in [0.05, 0.1) is 5.71 Å². The minimum Gasteiger partial charge on any atom is -0.334 e. The van der Waals surface area contributed by atoms with Crippen LogP contribution in [-0.2, 0) is 0 Å². The number of nitrogens with zero attached hydrogens (tertiary/aromatic N) is 2. The van der Waals surface area contributed by atoms with Gasteiger partial charge in [-0.2, -0.15) is 0 Å². The topological polar surface area (TPSA) is 36.8 Å². The highest BCUT2D eigenvalue weighted by atomic mass is 79.9. The molecule has 23 heavy (non-hydrogen) atoms. The first-order valence-electron chi connectivity index (χ1n) is 7.22. The van der Waals surface area contributed by atoms with Crippen molar-refractivity contribution in [2.75, 3.05) is 0 Å². The third-order valence-corrected chi connectivity index (χ3v) is 4.86. The number of aliphatic imine (C=N–C) groups is 2. The number of fused-ring (bicyclic) bond motifs is 1. The van der Waals surface area contributed by atoms with Gasteiger partial charge >= 0.3 is 0 Å². The van der Waals surface area contributed by atoms with E-state index in [4.69, 9.17) is 33.2 Å². The van der Waals surface area contributed by atoms with Gasteiger partial charge in [0.25, 0.3) is 0 Å². The van der Waals surface area contributed by atoms with Gasteiger partial charge in [0.15, 0.2) is 6.17 Å². The summed E-state index contributed by atoms with van der Waals surface area (Å²) in [6.07, 6.45) is 1.60. The summed E-state index contributed by atoms with van der Waals surface area (Å²) in [6, 6.07) is 7.64. The van der Waals surface area contributed by atoms with Gasteiger partial charge < -0.3 is 5.32 Å². The van der Waals surface area contributed by atoms with Crippen LogP contribution in [0.25, 0.3) is 0 Å². The molecule has 0 aromatic heterocycles. The number of dihydropyridines is 1. The lowest BCUT2D eigenvalue weighted by Gasteiger charge is -2.31. The quantitative estimate of drug-likeness (QED) is 0.628. The number of hydrogen-bond donors (Lipinski definition) is 1. The first kappa shape index (κ1) is 16.7. The van der Waals surface area contributed by atoms with E-state index in [1.54, 1.807) is 0 Å². The molecule has 1 atom stereocenters. The number of nitrogens with one attached hydrogen (secondary N) is 1. The van der Waals surface area contributed by atoms with Crippen molar-refractivity contribution in [2.24, 2.45) is 15.4 Å². The van der Waals surface area contributed by atoms with Crippen LogP contribution < -0.4 is 5.32 Å². The Labute approximate surface area is 154 Å². The summed E-state index contributed by atoms with van der Waals surface area (Å²) in [6.45, 7) is 6.25. The maximum Gasteiger partial charge on any atom is 0.170 e. The lowest BCUT2D eigenvalue weighted by molar-refractivity contribution is 0.560. The van der Waals surface area contributed by atoms with E-state index in [2.05, 4.69) is 42.0 Å². The standard InChI is InChI=1S/C17H16BrCl2N3/c1-17(2,3)16-22-14(20)10-8-11(18)13(21-15(10)23-16)9-6-4-5-7-12(9)19/h4-8,15H,1-3H3,(H,22,23). The summed E-state index contributed by atoms with van der Waals surface area (Å²) in [5.41, 5.74) is 2.37. The molecule has 1 aromatic carbocycles. The molecule has 3 nitrogen and oxygen atoms in total. The molecule has 0 saturated heterocycles. The first-order valence-corrected chi connectivity index (χ1v) is 8.77. The van der Waals surface area contributed by atoms with Crippen LogP contribution in [0.4, 0.5) is 0 Å². The summed E-state index contributed by atoms with van der Waals surface area (Å²) in [5, 5.41) is 4.40. The second kappa shape index (κ2) is 6.08. The molecular weight excluding hydrogens is 397 g/mol. The Bertz CT molecular complexity index is 785. The summed E-state index contributed by atoms with van der Waals surface area (Å²) < 4.78 is 0.839. The number of halogens is 3. The summed E-state index contributed by atoms with van der Waals surface area (Å²) >= 11 is 16.3. The van der Waals surface area contributed by atoms with Gasteiger partial charge in [-0.1, -0.05) is 62.2 Å². The van der Waals surface area contributed by atoms with Crippen molar-refractivity contribution < 1.29 is 0 Å². The monoisotopic (exact) mass is 411 g/mol. The van der Waals surface area contributed by atoms with Gasteiger partial charge in [-0.3, -0.25) is 4.99 Å². The molecule has 0 aliphatic carbocycles. The number of amidine groups is 1. The second-order valence-electron chi connectivity index (χ2n) is 6.45. The maximum absolute atomic E-state index is 6.41. The SMILES string of the molecule is CC(C)(C)C1=NC2N=C(c3ccccc3Cl)C(Br)=CC2=C(Cl)N1. The Kier molecular flexibility index (Phi) is 4.43. The summed E-state index contributed by atoms with van der Waals surface area (Å²) in [7, 11) is 0. The highest BCUT2D eigenvalue weighted by Gasteiger charge is 2.31. The largest absolute Gasteiger partial charge is 0.334 e. The van der Waals surface area contributed by atoms with E-state index in [0.717, 1.165) is 27.2 Å². The zero-order valence-electron chi connectivity index (χ0n) is 13.0. The first-order chi connectivity index (χ1) is 10.8. The van der Waals surface area contributed by atoms with Crippen LogP contribution in [0.2, 0.25) is 5.02 Å². The molecule has 0 spiro atoms. The molecule has 2 heterocycles. The Balaban J connectivity index is 2.09. The van der Waals surface area contributed by atoms with E-state index in [9.17, 15) is 0 Å². The highest BCUT2D eigenvalue weighted by molar-refractivity contribution is 9.12. The molecule has 1 aromatic rings. The van der Waals surface area contributed by atoms with Crippen molar-refractivity contribution >= 4 is 50.7 Å². The van der Waals surface area contributed by atoms with E-state index < -0.39 is 0 Å². The molecule has 2 aliphatic heterocycles. The van der Waals surface area contributed by atoms with Gasteiger partial charge in [0, 0.05) is 26.1 Å². The number of rotatable bonds is 1. The van der Waals surface area contributed by atoms with Gasteiger partial charge in [-0.15, -0.1) is 0 Å². The fourth-order valence-electron chi connectivity index (χ4n) is 2.37. The molecular formula is C17H16BrCl2N3. The Morgan fingerprint density at radius 1 is 1.13 bits per heavy atom. The van der Waals surface area contributed by atoms with E-state index in [1.165, 1.54) is 0 Å². The third-order valence-electron chi connectivity index (χ3n) is 3.61. The predicted molar refractivity (Wildman–Crippen MR) is 102 cm³/mol. The van der Waals surface area contributed by atoms with E-state index >= 15 is 0 Å². The van der Waals surface area contributed by atoms with Crippen LogP contribution in [0, 0.1) is 5.41 Å². The van der Waals surface area contributed by atoms with Crippen molar-refractivity contribution in [3.8, 4) is 0 Å². The van der Waals surface area contributed by atoms with E-state index in [-0.39, 0.29) is 11.6 Å². The second-order valence-corrected chi connectivity index (χ2v) is 8.09. The normalized spacial score (nSPS) is 21.1. The smallest absolute Gasteiger partial charge is 0.170 e. The van der Waals surface area contributed by atoms with Crippen LogP contribution in [0.15, 0.2) is 55.5 Å². The zero-order chi connectivity index (χ0) is 16.8. The minimum atomic E-state index is -0.356. The predicted octanol–water partition coefficient (Wildman–Crippen LogP) is 5.25. The van der Waals surface area contributed by atoms with Crippen molar-refractivity contribution in [3.63, 3.8) is 0 Å². The molecule has 0 radical (unpaired) electrons. The molecule has 0 fully saturated rings. The molecule has 0 saturated carbocycles. The summed E-state index contributed by atoms with van der Waals surface area (Å²) in [4.78, 5) is 9.51. The molecule has 1 unspecified atom stereocenters. The molecule has 3 rings (SSSR count). The molecule has 0 bridgehead atoms. The highest BCUT2D eigenvalue weighted by Crippen LogP contribution is 2.34. The van der Waals surface area contributed by atoms with Crippen LogP contribution in [0.5, 0.6) is 0 Å². The molecule has 0 amide bonds. The van der Waals surface area contributed by atoms with Gasteiger partial charge in [0.1, 0.15) is 11.0 Å². The zero-order valence-corrected chi connectivity index (χ0v) is 16.1.